The molecule has 5 nitrogen and oxygen atoms in total. The minimum absolute atomic E-state index is 0.283. The van der Waals surface area contributed by atoms with Crippen LogP contribution in [-0.2, 0) is 13.6 Å². The molecule has 0 bridgehead atoms. The predicted molar refractivity (Wildman–Crippen MR) is 98.6 cm³/mol. The molecule has 0 unspecified atom stereocenters. The molecule has 3 aromatic rings. The molecular weight excluding hydrogens is 312 g/mol. The highest BCUT2D eigenvalue weighted by Gasteiger charge is 2.21. The fraction of sp³-hybridized carbons (Fsp3) is 0.400. The Balaban J connectivity index is 1.36. The zero-order chi connectivity index (χ0) is 17.2. The summed E-state index contributed by atoms with van der Waals surface area (Å²) in [6.07, 6.45) is 8.18. The van der Waals surface area contributed by atoms with Gasteiger partial charge >= 0.3 is 0 Å². The first kappa shape index (κ1) is 16.1. The Hall–Kier alpha value is -2.40. The van der Waals surface area contributed by atoms with Gasteiger partial charge in [-0.1, -0.05) is 6.07 Å². The van der Waals surface area contributed by atoms with Crippen LogP contribution in [0.25, 0.3) is 10.9 Å². The van der Waals surface area contributed by atoms with Crippen molar-refractivity contribution in [3.63, 3.8) is 0 Å². The SMILES string of the molecule is Cc1cnc(CN2CCC(Oc3cccc4c3ccn4C)CC2)cn1. The van der Waals surface area contributed by atoms with E-state index in [9.17, 15) is 0 Å². The number of aryl methyl sites for hydroxylation is 2. The van der Waals surface area contributed by atoms with Crippen LogP contribution in [0.3, 0.4) is 0 Å². The molecule has 0 atom stereocenters. The highest BCUT2D eigenvalue weighted by atomic mass is 16.5. The lowest BCUT2D eigenvalue weighted by Crippen LogP contribution is -2.38. The number of aromatic nitrogens is 3. The van der Waals surface area contributed by atoms with Crippen molar-refractivity contribution in [1.29, 1.82) is 0 Å². The fourth-order valence-corrected chi connectivity index (χ4v) is 3.47. The lowest BCUT2D eigenvalue weighted by molar-refractivity contribution is 0.0972. The topological polar surface area (TPSA) is 43.2 Å². The first-order valence-corrected chi connectivity index (χ1v) is 8.89. The minimum Gasteiger partial charge on any atom is -0.490 e. The molecule has 0 radical (unpaired) electrons. The van der Waals surface area contributed by atoms with Crippen LogP contribution in [0.4, 0.5) is 0 Å². The van der Waals surface area contributed by atoms with Crippen molar-refractivity contribution < 1.29 is 4.74 Å². The molecule has 1 aliphatic rings. The fourth-order valence-electron chi connectivity index (χ4n) is 3.47. The first-order valence-electron chi connectivity index (χ1n) is 8.89. The van der Waals surface area contributed by atoms with Crippen molar-refractivity contribution in [2.45, 2.75) is 32.4 Å². The summed E-state index contributed by atoms with van der Waals surface area (Å²) in [5, 5.41) is 1.20. The summed E-state index contributed by atoms with van der Waals surface area (Å²) in [7, 11) is 2.07. The number of fused-ring (bicyclic) bond motifs is 1. The molecular formula is C20H24N4O. The van der Waals surface area contributed by atoms with E-state index in [0.717, 1.165) is 49.6 Å². The summed E-state index contributed by atoms with van der Waals surface area (Å²) in [4.78, 5) is 11.2. The molecule has 1 aromatic carbocycles. The van der Waals surface area contributed by atoms with Crippen LogP contribution in [-0.4, -0.2) is 38.6 Å². The number of ether oxygens (including phenoxy) is 1. The normalized spacial score (nSPS) is 16.4. The Kier molecular flexibility index (Phi) is 4.40. The van der Waals surface area contributed by atoms with Crippen LogP contribution < -0.4 is 4.74 Å². The second-order valence-corrected chi connectivity index (χ2v) is 6.86. The van der Waals surface area contributed by atoms with Crippen LogP contribution in [0.1, 0.15) is 24.2 Å². The second kappa shape index (κ2) is 6.84. The summed E-state index contributed by atoms with van der Waals surface area (Å²) < 4.78 is 8.46. The number of nitrogens with zero attached hydrogens (tertiary/aromatic N) is 4. The zero-order valence-electron chi connectivity index (χ0n) is 14.9. The maximum Gasteiger partial charge on any atom is 0.129 e. The average molecular weight is 336 g/mol. The first-order chi connectivity index (χ1) is 12.2. The van der Waals surface area contributed by atoms with E-state index in [4.69, 9.17) is 4.74 Å². The van der Waals surface area contributed by atoms with Crippen LogP contribution in [0.2, 0.25) is 0 Å². The van der Waals surface area contributed by atoms with Gasteiger partial charge in [0, 0.05) is 50.7 Å². The molecule has 1 aliphatic heterocycles. The number of benzene rings is 1. The maximum atomic E-state index is 6.33. The third kappa shape index (κ3) is 3.51. The van der Waals surface area contributed by atoms with Crippen molar-refractivity contribution in [3.8, 4) is 5.75 Å². The van der Waals surface area contributed by atoms with Crippen molar-refractivity contribution in [2.75, 3.05) is 13.1 Å². The summed E-state index contributed by atoms with van der Waals surface area (Å²) in [6, 6.07) is 8.42. The standard InChI is InChI=1S/C20H24N4O/c1-15-12-22-16(13-21-15)14-24-10-6-17(7-11-24)25-20-5-3-4-19-18(20)8-9-23(19)2/h3-5,8-9,12-13,17H,6-7,10-11,14H2,1-2H3. The molecule has 4 rings (SSSR count). The maximum absolute atomic E-state index is 6.33. The van der Waals surface area contributed by atoms with Crippen LogP contribution in [0, 0.1) is 6.92 Å². The van der Waals surface area contributed by atoms with Gasteiger partial charge in [-0.2, -0.15) is 0 Å². The molecule has 5 heteroatoms. The largest absolute Gasteiger partial charge is 0.490 e. The monoisotopic (exact) mass is 336 g/mol. The van der Waals surface area contributed by atoms with Crippen LogP contribution in [0.15, 0.2) is 42.9 Å². The molecule has 1 fully saturated rings. The predicted octanol–water partition coefficient (Wildman–Crippen LogP) is 3.32. The second-order valence-electron chi connectivity index (χ2n) is 6.86. The van der Waals surface area contributed by atoms with Crippen LogP contribution >= 0.6 is 0 Å². The van der Waals surface area contributed by atoms with E-state index in [-0.39, 0.29) is 6.10 Å². The molecule has 0 saturated carbocycles. The Morgan fingerprint density at radius 1 is 1.12 bits per heavy atom. The van der Waals surface area contributed by atoms with Crippen molar-refractivity contribution >= 4 is 10.9 Å². The zero-order valence-corrected chi connectivity index (χ0v) is 14.9. The minimum atomic E-state index is 0.283. The van der Waals surface area contributed by atoms with Gasteiger partial charge in [0.2, 0.25) is 0 Å². The number of piperidine rings is 1. The molecule has 25 heavy (non-hydrogen) atoms. The number of hydrogen-bond donors (Lipinski definition) is 0. The van der Waals surface area contributed by atoms with Gasteiger partial charge in [0.15, 0.2) is 0 Å². The van der Waals surface area contributed by atoms with E-state index in [1.165, 1.54) is 10.9 Å². The van der Waals surface area contributed by atoms with E-state index in [1.54, 1.807) is 0 Å². The smallest absolute Gasteiger partial charge is 0.129 e. The molecule has 1 saturated heterocycles. The Bertz CT molecular complexity index is 848. The van der Waals surface area contributed by atoms with Gasteiger partial charge < -0.3 is 9.30 Å². The van der Waals surface area contributed by atoms with E-state index in [2.05, 4.69) is 56.9 Å². The van der Waals surface area contributed by atoms with Gasteiger partial charge in [-0.15, -0.1) is 0 Å². The molecule has 3 heterocycles. The summed E-state index contributed by atoms with van der Waals surface area (Å²) in [5.41, 5.74) is 3.22. The summed E-state index contributed by atoms with van der Waals surface area (Å²) in [6.45, 7) is 4.90. The van der Waals surface area contributed by atoms with E-state index in [0.29, 0.717) is 0 Å². The van der Waals surface area contributed by atoms with Gasteiger partial charge in [0.25, 0.3) is 0 Å². The molecule has 2 aromatic heterocycles. The Labute approximate surface area is 148 Å². The Morgan fingerprint density at radius 2 is 1.96 bits per heavy atom. The summed E-state index contributed by atoms with van der Waals surface area (Å²) in [5.74, 6) is 1.00. The van der Waals surface area contributed by atoms with Crippen molar-refractivity contribution in [2.24, 2.45) is 7.05 Å². The highest BCUT2D eigenvalue weighted by molar-refractivity contribution is 5.86. The summed E-state index contributed by atoms with van der Waals surface area (Å²) >= 11 is 0. The Morgan fingerprint density at radius 3 is 2.72 bits per heavy atom. The molecule has 0 aliphatic carbocycles. The lowest BCUT2D eigenvalue weighted by atomic mass is 10.1. The van der Waals surface area contributed by atoms with Gasteiger partial charge in [-0.3, -0.25) is 14.9 Å². The third-order valence-electron chi connectivity index (χ3n) is 4.94. The van der Waals surface area contributed by atoms with Gasteiger partial charge in [0.05, 0.1) is 16.9 Å². The van der Waals surface area contributed by atoms with E-state index >= 15 is 0 Å². The quantitative estimate of drug-likeness (QED) is 0.733. The molecule has 0 spiro atoms. The van der Waals surface area contributed by atoms with Crippen molar-refractivity contribution in [1.82, 2.24) is 19.4 Å². The number of likely N-dealkylation sites (tertiary alicyclic amines) is 1. The van der Waals surface area contributed by atoms with Gasteiger partial charge in [-0.05, 0) is 38.0 Å². The van der Waals surface area contributed by atoms with Gasteiger partial charge in [0.1, 0.15) is 11.9 Å². The van der Waals surface area contributed by atoms with E-state index in [1.807, 2.05) is 19.3 Å². The third-order valence-corrected chi connectivity index (χ3v) is 4.94. The lowest BCUT2D eigenvalue weighted by Gasteiger charge is -2.32. The highest BCUT2D eigenvalue weighted by Crippen LogP contribution is 2.28. The molecule has 0 N–H and O–H groups in total. The van der Waals surface area contributed by atoms with Crippen molar-refractivity contribution in [3.05, 3.63) is 54.2 Å². The number of rotatable bonds is 4. The molecule has 0 amide bonds. The van der Waals surface area contributed by atoms with Gasteiger partial charge in [-0.25, -0.2) is 0 Å². The average Bonchev–Trinajstić information content (AvgIpc) is 3.01. The van der Waals surface area contributed by atoms with E-state index < -0.39 is 0 Å². The molecule has 130 valence electrons. The number of hydrogen-bond acceptors (Lipinski definition) is 4. The van der Waals surface area contributed by atoms with Crippen LogP contribution in [0.5, 0.6) is 5.75 Å².